The van der Waals surface area contributed by atoms with Crippen molar-refractivity contribution >= 4 is 5.91 Å². The number of nitrogens with zero attached hydrogens (tertiary/aromatic N) is 1. The summed E-state index contributed by atoms with van der Waals surface area (Å²) in [5.41, 5.74) is 5.86. The van der Waals surface area contributed by atoms with Crippen LogP contribution in [0.4, 0.5) is 0 Å². The maximum atomic E-state index is 12.0. The molecular formula is C14H29N3O2. The van der Waals surface area contributed by atoms with E-state index in [1.807, 2.05) is 6.92 Å². The van der Waals surface area contributed by atoms with Gasteiger partial charge >= 0.3 is 0 Å². The zero-order chi connectivity index (χ0) is 14.4. The molecule has 3 N–H and O–H groups in total. The van der Waals surface area contributed by atoms with E-state index in [4.69, 9.17) is 10.5 Å². The Labute approximate surface area is 116 Å². The number of carbonyl (C=O) groups is 1. The molecule has 1 rings (SSSR count). The minimum Gasteiger partial charge on any atom is -0.383 e. The van der Waals surface area contributed by atoms with Crippen LogP contribution in [-0.4, -0.2) is 56.2 Å². The molecule has 5 heteroatoms. The molecule has 1 heterocycles. The second-order valence-corrected chi connectivity index (χ2v) is 5.97. The van der Waals surface area contributed by atoms with E-state index in [1.54, 1.807) is 7.11 Å². The van der Waals surface area contributed by atoms with Crippen LogP contribution in [0.25, 0.3) is 0 Å². The fourth-order valence-corrected chi connectivity index (χ4v) is 3.12. The Hall–Kier alpha value is -0.650. The van der Waals surface area contributed by atoms with E-state index < -0.39 is 0 Å². The summed E-state index contributed by atoms with van der Waals surface area (Å²) in [5, 5.41) is 2.96. The predicted octanol–water partition coefficient (Wildman–Crippen LogP) is 0.443. The smallest absolute Gasteiger partial charge is 0.234 e. The van der Waals surface area contributed by atoms with Crippen molar-refractivity contribution in [3.05, 3.63) is 0 Å². The molecule has 0 aromatic carbocycles. The maximum Gasteiger partial charge on any atom is 0.234 e. The summed E-state index contributed by atoms with van der Waals surface area (Å²) in [6, 6.07) is 0.369. The van der Waals surface area contributed by atoms with Gasteiger partial charge in [-0.15, -0.1) is 0 Å². The Morgan fingerprint density at radius 2 is 2.21 bits per heavy atom. The minimum atomic E-state index is 0.0495. The molecule has 4 unspecified atom stereocenters. The summed E-state index contributed by atoms with van der Waals surface area (Å²) in [5.74, 6) is 1.24. The van der Waals surface area contributed by atoms with E-state index in [2.05, 4.69) is 24.1 Å². The van der Waals surface area contributed by atoms with Gasteiger partial charge < -0.3 is 15.8 Å². The summed E-state index contributed by atoms with van der Waals surface area (Å²) < 4.78 is 5.02. The molecule has 0 saturated carbocycles. The van der Waals surface area contributed by atoms with Crippen molar-refractivity contribution in [2.75, 3.05) is 33.4 Å². The number of hydrogen-bond acceptors (Lipinski definition) is 4. The van der Waals surface area contributed by atoms with E-state index >= 15 is 0 Å². The molecular weight excluding hydrogens is 242 g/mol. The van der Waals surface area contributed by atoms with Gasteiger partial charge in [-0.1, -0.05) is 13.8 Å². The van der Waals surface area contributed by atoms with Crippen LogP contribution < -0.4 is 11.1 Å². The highest BCUT2D eigenvalue weighted by atomic mass is 16.5. The number of hydrogen-bond donors (Lipinski definition) is 2. The fourth-order valence-electron chi connectivity index (χ4n) is 3.12. The Morgan fingerprint density at radius 3 is 2.79 bits per heavy atom. The number of nitrogens with one attached hydrogen (secondary N) is 1. The summed E-state index contributed by atoms with van der Waals surface area (Å²) in [6.45, 7) is 8.97. The number of methoxy groups -OCH3 is 1. The lowest BCUT2D eigenvalue weighted by Crippen LogP contribution is -2.54. The minimum absolute atomic E-state index is 0.0495. The Bertz CT molecular complexity index is 286. The molecule has 0 bridgehead atoms. The third-order valence-electron chi connectivity index (χ3n) is 3.86. The van der Waals surface area contributed by atoms with Crippen LogP contribution in [0.1, 0.15) is 27.2 Å². The van der Waals surface area contributed by atoms with E-state index in [9.17, 15) is 4.79 Å². The highest BCUT2D eigenvalue weighted by Crippen LogP contribution is 2.26. The normalized spacial score (nSPS) is 30.1. The average molecular weight is 271 g/mol. The number of amides is 1. The number of carbonyl (C=O) groups excluding carboxylic acids is 1. The first kappa shape index (κ1) is 16.4. The standard InChI is InChI=1S/C14H29N3O2/c1-10-5-11(2)13(6-15)17(7-10)8-14(18)16-12(3)9-19-4/h10-13H,5-9,15H2,1-4H3,(H,16,18). The SMILES string of the molecule is COCC(C)NC(=O)CN1CC(C)CC(C)C1CN. The summed E-state index contributed by atoms with van der Waals surface area (Å²) in [4.78, 5) is 14.3. The first-order valence-electron chi connectivity index (χ1n) is 7.20. The van der Waals surface area contributed by atoms with Gasteiger partial charge in [0.15, 0.2) is 0 Å². The second kappa shape index (κ2) is 7.82. The Balaban J connectivity index is 2.50. The Morgan fingerprint density at radius 1 is 1.53 bits per heavy atom. The van der Waals surface area contributed by atoms with Gasteiger partial charge in [0, 0.05) is 32.3 Å². The highest BCUT2D eigenvalue weighted by Gasteiger charge is 2.32. The molecule has 112 valence electrons. The van der Waals surface area contributed by atoms with Crippen LogP contribution >= 0.6 is 0 Å². The van der Waals surface area contributed by atoms with Crippen molar-refractivity contribution < 1.29 is 9.53 Å². The van der Waals surface area contributed by atoms with Crippen molar-refractivity contribution in [3.8, 4) is 0 Å². The Kier molecular flexibility index (Phi) is 6.75. The van der Waals surface area contributed by atoms with Gasteiger partial charge in [0.2, 0.25) is 5.91 Å². The van der Waals surface area contributed by atoms with Crippen molar-refractivity contribution in [3.63, 3.8) is 0 Å². The molecule has 0 aromatic rings. The first-order chi connectivity index (χ1) is 8.97. The number of ether oxygens (including phenoxy) is 1. The zero-order valence-electron chi connectivity index (χ0n) is 12.7. The van der Waals surface area contributed by atoms with E-state index in [0.29, 0.717) is 37.6 Å². The number of likely N-dealkylation sites (tertiary alicyclic amines) is 1. The average Bonchev–Trinajstić information content (AvgIpc) is 2.28. The lowest BCUT2D eigenvalue weighted by atomic mass is 9.85. The molecule has 0 aromatic heterocycles. The molecule has 4 atom stereocenters. The second-order valence-electron chi connectivity index (χ2n) is 5.97. The van der Waals surface area contributed by atoms with Gasteiger partial charge in [-0.05, 0) is 25.2 Å². The zero-order valence-corrected chi connectivity index (χ0v) is 12.7. The van der Waals surface area contributed by atoms with Crippen LogP contribution in [0.15, 0.2) is 0 Å². The summed E-state index contributed by atoms with van der Waals surface area (Å²) in [6.07, 6.45) is 1.19. The van der Waals surface area contributed by atoms with E-state index in [0.717, 1.165) is 6.54 Å². The van der Waals surface area contributed by atoms with Crippen LogP contribution in [0.3, 0.4) is 0 Å². The van der Waals surface area contributed by atoms with Gasteiger partial charge in [0.1, 0.15) is 0 Å². The van der Waals surface area contributed by atoms with E-state index in [-0.39, 0.29) is 11.9 Å². The third kappa shape index (κ3) is 5.09. The van der Waals surface area contributed by atoms with Crippen molar-refractivity contribution in [1.82, 2.24) is 10.2 Å². The van der Waals surface area contributed by atoms with Crippen LogP contribution in [0.5, 0.6) is 0 Å². The topological polar surface area (TPSA) is 67.6 Å². The van der Waals surface area contributed by atoms with Crippen molar-refractivity contribution in [2.24, 2.45) is 17.6 Å². The van der Waals surface area contributed by atoms with Gasteiger partial charge in [-0.3, -0.25) is 9.69 Å². The molecule has 0 radical (unpaired) electrons. The van der Waals surface area contributed by atoms with E-state index in [1.165, 1.54) is 6.42 Å². The van der Waals surface area contributed by atoms with Gasteiger partial charge in [0.05, 0.1) is 13.2 Å². The van der Waals surface area contributed by atoms with Crippen molar-refractivity contribution in [2.45, 2.75) is 39.3 Å². The lowest BCUT2D eigenvalue weighted by Gasteiger charge is -2.42. The lowest BCUT2D eigenvalue weighted by molar-refractivity contribution is -0.124. The maximum absolute atomic E-state index is 12.0. The number of rotatable bonds is 6. The predicted molar refractivity (Wildman–Crippen MR) is 76.8 cm³/mol. The fraction of sp³-hybridized carbons (Fsp3) is 0.929. The van der Waals surface area contributed by atoms with Gasteiger partial charge in [-0.25, -0.2) is 0 Å². The van der Waals surface area contributed by atoms with Crippen LogP contribution in [-0.2, 0) is 9.53 Å². The van der Waals surface area contributed by atoms with Gasteiger partial charge in [0.25, 0.3) is 0 Å². The quantitative estimate of drug-likeness (QED) is 0.736. The monoisotopic (exact) mass is 271 g/mol. The molecule has 0 aliphatic carbocycles. The molecule has 5 nitrogen and oxygen atoms in total. The summed E-state index contributed by atoms with van der Waals surface area (Å²) >= 11 is 0. The molecule has 1 saturated heterocycles. The number of piperidine rings is 1. The van der Waals surface area contributed by atoms with Gasteiger partial charge in [-0.2, -0.15) is 0 Å². The summed E-state index contributed by atoms with van der Waals surface area (Å²) in [7, 11) is 1.64. The van der Waals surface area contributed by atoms with Crippen LogP contribution in [0.2, 0.25) is 0 Å². The molecule has 1 fully saturated rings. The molecule has 1 aliphatic heterocycles. The third-order valence-corrected chi connectivity index (χ3v) is 3.86. The highest BCUT2D eigenvalue weighted by molar-refractivity contribution is 5.78. The van der Waals surface area contributed by atoms with Crippen LogP contribution in [0, 0.1) is 11.8 Å². The largest absolute Gasteiger partial charge is 0.383 e. The molecule has 1 aliphatic rings. The molecule has 1 amide bonds. The van der Waals surface area contributed by atoms with Crippen molar-refractivity contribution in [1.29, 1.82) is 0 Å². The first-order valence-corrected chi connectivity index (χ1v) is 7.20. The number of nitrogens with two attached hydrogens (primary N) is 1. The molecule has 19 heavy (non-hydrogen) atoms. The molecule has 0 spiro atoms.